The van der Waals surface area contributed by atoms with Gasteiger partial charge in [0.1, 0.15) is 5.82 Å². The summed E-state index contributed by atoms with van der Waals surface area (Å²) in [5, 5.41) is 2.58. The number of aromatic nitrogens is 1. The fourth-order valence-electron chi connectivity index (χ4n) is 2.55. The van der Waals surface area contributed by atoms with E-state index in [1.54, 1.807) is 24.4 Å². The number of rotatable bonds is 3. The SMILES string of the molecule is CN1CCN(c2cncc(C(=O)Nc3ccccc3F)c2)CC1. The molecule has 3 rings (SSSR count). The number of likely N-dealkylation sites (N-methyl/N-ethyl adjacent to an activating group) is 1. The Balaban J connectivity index is 1.74. The topological polar surface area (TPSA) is 48.5 Å². The molecule has 1 N–H and O–H groups in total. The number of para-hydroxylation sites is 1. The van der Waals surface area contributed by atoms with Crippen molar-refractivity contribution in [1.29, 1.82) is 0 Å². The Kier molecular flexibility index (Phi) is 4.52. The van der Waals surface area contributed by atoms with Crippen molar-refractivity contribution in [2.45, 2.75) is 0 Å². The minimum absolute atomic E-state index is 0.169. The lowest BCUT2D eigenvalue weighted by molar-refractivity contribution is 0.102. The van der Waals surface area contributed by atoms with E-state index in [1.165, 1.54) is 18.3 Å². The van der Waals surface area contributed by atoms with Gasteiger partial charge in [-0.1, -0.05) is 12.1 Å². The Labute approximate surface area is 134 Å². The van der Waals surface area contributed by atoms with Crippen molar-refractivity contribution in [3.8, 4) is 0 Å². The zero-order valence-corrected chi connectivity index (χ0v) is 13.0. The molecule has 1 amide bonds. The lowest BCUT2D eigenvalue weighted by Crippen LogP contribution is -2.44. The van der Waals surface area contributed by atoms with Gasteiger partial charge in [0.15, 0.2) is 0 Å². The van der Waals surface area contributed by atoms with Gasteiger partial charge in [-0.15, -0.1) is 0 Å². The van der Waals surface area contributed by atoms with Gasteiger partial charge in [-0.25, -0.2) is 4.39 Å². The smallest absolute Gasteiger partial charge is 0.257 e. The molecule has 0 saturated carbocycles. The van der Waals surface area contributed by atoms with E-state index in [-0.39, 0.29) is 11.6 Å². The fourth-order valence-corrected chi connectivity index (χ4v) is 2.55. The number of benzene rings is 1. The summed E-state index contributed by atoms with van der Waals surface area (Å²) < 4.78 is 13.6. The molecule has 0 radical (unpaired) electrons. The molecule has 5 nitrogen and oxygen atoms in total. The number of carbonyl (C=O) groups is 1. The summed E-state index contributed by atoms with van der Waals surface area (Å²) in [6.45, 7) is 3.75. The monoisotopic (exact) mass is 314 g/mol. The first-order chi connectivity index (χ1) is 11.1. The number of amides is 1. The highest BCUT2D eigenvalue weighted by atomic mass is 19.1. The molecule has 1 fully saturated rings. The van der Waals surface area contributed by atoms with Crippen LogP contribution in [0.2, 0.25) is 0 Å². The predicted molar refractivity (Wildman–Crippen MR) is 88.3 cm³/mol. The number of nitrogens with zero attached hydrogens (tertiary/aromatic N) is 3. The van der Waals surface area contributed by atoms with Crippen LogP contribution >= 0.6 is 0 Å². The van der Waals surface area contributed by atoms with Crippen molar-refractivity contribution in [3.05, 3.63) is 54.1 Å². The van der Waals surface area contributed by atoms with Crippen LogP contribution in [0.15, 0.2) is 42.7 Å². The van der Waals surface area contributed by atoms with Crippen LogP contribution in [-0.2, 0) is 0 Å². The van der Waals surface area contributed by atoms with E-state index in [4.69, 9.17) is 0 Å². The zero-order chi connectivity index (χ0) is 16.2. The van der Waals surface area contributed by atoms with Gasteiger partial charge >= 0.3 is 0 Å². The molecule has 6 heteroatoms. The van der Waals surface area contributed by atoms with E-state index < -0.39 is 5.82 Å². The molecule has 0 unspecified atom stereocenters. The van der Waals surface area contributed by atoms with Crippen LogP contribution in [-0.4, -0.2) is 49.0 Å². The lowest BCUT2D eigenvalue weighted by Gasteiger charge is -2.33. The fraction of sp³-hybridized carbons (Fsp3) is 0.294. The standard InChI is InChI=1S/C17H19FN4O/c1-21-6-8-22(9-7-21)14-10-13(11-19-12-14)17(23)20-16-5-3-2-4-15(16)18/h2-5,10-12H,6-9H2,1H3,(H,20,23). The van der Waals surface area contributed by atoms with Crippen LogP contribution in [0.3, 0.4) is 0 Å². The number of pyridine rings is 1. The van der Waals surface area contributed by atoms with Crippen molar-refractivity contribution in [2.24, 2.45) is 0 Å². The van der Waals surface area contributed by atoms with E-state index in [9.17, 15) is 9.18 Å². The van der Waals surface area contributed by atoms with E-state index in [1.807, 2.05) is 0 Å². The van der Waals surface area contributed by atoms with E-state index in [0.717, 1.165) is 31.9 Å². The number of hydrogen-bond donors (Lipinski definition) is 1. The maximum atomic E-state index is 13.6. The maximum absolute atomic E-state index is 13.6. The normalized spacial score (nSPS) is 15.5. The van der Waals surface area contributed by atoms with Gasteiger partial charge in [-0.3, -0.25) is 9.78 Å². The minimum Gasteiger partial charge on any atom is -0.368 e. The molecule has 1 aliphatic heterocycles. The molecule has 1 aromatic carbocycles. The van der Waals surface area contributed by atoms with Crippen molar-refractivity contribution < 1.29 is 9.18 Å². The first kappa shape index (κ1) is 15.4. The summed E-state index contributed by atoms with van der Waals surface area (Å²) in [6, 6.07) is 7.91. The molecule has 1 aliphatic rings. The van der Waals surface area contributed by atoms with Crippen molar-refractivity contribution in [2.75, 3.05) is 43.4 Å². The molecule has 0 spiro atoms. The van der Waals surface area contributed by atoms with Crippen molar-refractivity contribution in [3.63, 3.8) is 0 Å². The number of nitrogens with one attached hydrogen (secondary N) is 1. The van der Waals surface area contributed by atoms with Crippen molar-refractivity contribution in [1.82, 2.24) is 9.88 Å². The largest absolute Gasteiger partial charge is 0.368 e. The molecule has 1 saturated heterocycles. The number of anilines is 2. The summed E-state index contributed by atoms with van der Waals surface area (Å²) >= 11 is 0. The molecule has 2 heterocycles. The Morgan fingerprint density at radius 2 is 1.91 bits per heavy atom. The van der Waals surface area contributed by atoms with Crippen molar-refractivity contribution >= 4 is 17.3 Å². The third kappa shape index (κ3) is 3.65. The van der Waals surface area contributed by atoms with Gasteiger partial charge < -0.3 is 15.1 Å². The zero-order valence-electron chi connectivity index (χ0n) is 13.0. The average molecular weight is 314 g/mol. The quantitative estimate of drug-likeness (QED) is 0.944. The number of piperazine rings is 1. The molecule has 120 valence electrons. The summed E-state index contributed by atoms with van der Waals surface area (Å²) in [7, 11) is 2.09. The van der Waals surface area contributed by atoms with Gasteiger partial charge in [0.2, 0.25) is 0 Å². The van der Waals surface area contributed by atoms with Gasteiger partial charge in [-0.2, -0.15) is 0 Å². The summed E-state index contributed by atoms with van der Waals surface area (Å²) in [5.74, 6) is -0.817. The Morgan fingerprint density at radius 1 is 1.17 bits per heavy atom. The molecule has 2 aromatic rings. The first-order valence-electron chi connectivity index (χ1n) is 7.58. The summed E-state index contributed by atoms with van der Waals surface area (Å²) in [4.78, 5) is 20.9. The second kappa shape index (κ2) is 6.75. The Morgan fingerprint density at radius 3 is 2.65 bits per heavy atom. The molecular weight excluding hydrogens is 295 g/mol. The first-order valence-corrected chi connectivity index (χ1v) is 7.58. The third-order valence-electron chi connectivity index (χ3n) is 3.98. The van der Waals surface area contributed by atoms with Gasteiger partial charge in [0, 0.05) is 32.4 Å². The van der Waals surface area contributed by atoms with Crippen LogP contribution in [0.5, 0.6) is 0 Å². The molecule has 0 bridgehead atoms. The van der Waals surface area contributed by atoms with Crippen LogP contribution in [0.1, 0.15) is 10.4 Å². The third-order valence-corrected chi connectivity index (χ3v) is 3.98. The minimum atomic E-state index is -0.455. The number of hydrogen-bond acceptors (Lipinski definition) is 4. The molecule has 1 aromatic heterocycles. The maximum Gasteiger partial charge on any atom is 0.257 e. The van der Waals surface area contributed by atoms with Crippen LogP contribution in [0, 0.1) is 5.82 Å². The molecule has 0 aliphatic carbocycles. The summed E-state index contributed by atoms with van der Waals surface area (Å²) in [6.07, 6.45) is 3.25. The second-order valence-electron chi connectivity index (χ2n) is 5.66. The molecule has 0 atom stereocenters. The highest BCUT2D eigenvalue weighted by Crippen LogP contribution is 2.18. The number of halogens is 1. The van der Waals surface area contributed by atoms with Crippen LogP contribution in [0.4, 0.5) is 15.8 Å². The highest BCUT2D eigenvalue weighted by Gasteiger charge is 2.16. The van der Waals surface area contributed by atoms with Gasteiger partial charge in [0.05, 0.1) is 23.1 Å². The van der Waals surface area contributed by atoms with E-state index >= 15 is 0 Å². The molecular formula is C17H19FN4O. The van der Waals surface area contributed by atoms with Gasteiger partial charge in [0.25, 0.3) is 5.91 Å². The predicted octanol–water partition coefficient (Wildman–Crippen LogP) is 2.22. The number of carbonyl (C=O) groups excluding carboxylic acids is 1. The Bertz CT molecular complexity index is 698. The average Bonchev–Trinajstić information content (AvgIpc) is 2.58. The lowest BCUT2D eigenvalue weighted by atomic mass is 10.2. The van der Waals surface area contributed by atoms with Crippen LogP contribution in [0.25, 0.3) is 0 Å². The highest BCUT2D eigenvalue weighted by molar-refractivity contribution is 6.04. The Hall–Kier alpha value is -2.47. The molecule has 23 heavy (non-hydrogen) atoms. The van der Waals surface area contributed by atoms with Gasteiger partial charge in [-0.05, 0) is 25.2 Å². The summed E-state index contributed by atoms with van der Waals surface area (Å²) in [5.41, 5.74) is 1.51. The van der Waals surface area contributed by atoms with E-state index in [0.29, 0.717) is 5.56 Å². The second-order valence-corrected chi connectivity index (χ2v) is 5.66. The van der Waals surface area contributed by atoms with Crippen LogP contribution < -0.4 is 10.2 Å². The van der Waals surface area contributed by atoms with E-state index in [2.05, 4.69) is 27.1 Å².